The van der Waals surface area contributed by atoms with Crippen LogP contribution >= 0.6 is 11.8 Å². The number of carbonyl (C=O) groups excluding carboxylic acids is 1. The van der Waals surface area contributed by atoms with Gasteiger partial charge in [-0.2, -0.15) is 11.8 Å². The minimum absolute atomic E-state index is 0.188. The van der Waals surface area contributed by atoms with Crippen molar-refractivity contribution in [3.05, 3.63) is 35.4 Å². The summed E-state index contributed by atoms with van der Waals surface area (Å²) in [4.78, 5) is 14.6. The average molecular weight is 321 g/mol. The summed E-state index contributed by atoms with van der Waals surface area (Å²) in [5, 5.41) is 3.43. The SMILES string of the molecule is CCc1ccc(C2CNCCN2C(=O)CCCCSC)cc1. The van der Waals surface area contributed by atoms with E-state index in [-0.39, 0.29) is 6.04 Å². The van der Waals surface area contributed by atoms with Crippen LogP contribution < -0.4 is 5.32 Å². The summed E-state index contributed by atoms with van der Waals surface area (Å²) in [6, 6.07) is 8.93. The van der Waals surface area contributed by atoms with Gasteiger partial charge in [0.15, 0.2) is 0 Å². The number of nitrogens with one attached hydrogen (secondary N) is 1. The predicted octanol–water partition coefficient (Wildman–Crippen LogP) is 3.26. The number of hydrogen-bond donors (Lipinski definition) is 1. The maximum absolute atomic E-state index is 12.6. The zero-order chi connectivity index (χ0) is 15.8. The number of unbranched alkanes of at least 4 members (excludes halogenated alkanes) is 1. The summed E-state index contributed by atoms with van der Waals surface area (Å²) in [7, 11) is 0. The molecule has 0 saturated carbocycles. The minimum Gasteiger partial charge on any atom is -0.333 e. The van der Waals surface area contributed by atoms with Crippen LogP contribution in [0.1, 0.15) is 43.4 Å². The fraction of sp³-hybridized carbons (Fsp3) is 0.611. The van der Waals surface area contributed by atoms with Crippen LogP contribution in [0.15, 0.2) is 24.3 Å². The molecule has 2 rings (SSSR count). The maximum atomic E-state index is 12.6. The molecule has 0 bridgehead atoms. The van der Waals surface area contributed by atoms with Crippen LogP contribution in [0.25, 0.3) is 0 Å². The molecule has 0 aliphatic carbocycles. The fourth-order valence-electron chi connectivity index (χ4n) is 2.94. The Morgan fingerprint density at radius 3 is 2.77 bits per heavy atom. The second kappa shape index (κ2) is 9.21. The Balaban J connectivity index is 1.99. The average Bonchev–Trinajstić information content (AvgIpc) is 2.58. The van der Waals surface area contributed by atoms with Crippen LogP contribution in [-0.4, -0.2) is 42.4 Å². The highest BCUT2D eigenvalue weighted by molar-refractivity contribution is 7.98. The molecule has 1 amide bonds. The monoisotopic (exact) mass is 320 g/mol. The van der Waals surface area contributed by atoms with Gasteiger partial charge >= 0.3 is 0 Å². The lowest BCUT2D eigenvalue weighted by Crippen LogP contribution is -2.48. The van der Waals surface area contributed by atoms with Crippen LogP contribution in [0.4, 0.5) is 0 Å². The summed E-state index contributed by atoms with van der Waals surface area (Å²) in [6.07, 6.45) is 6.00. The third-order valence-electron chi connectivity index (χ3n) is 4.33. The molecule has 0 aromatic heterocycles. The van der Waals surface area contributed by atoms with Crippen molar-refractivity contribution in [2.75, 3.05) is 31.6 Å². The van der Waals surface area contributed by atoms with Crippen molar-refractivity contribution in [2.24, 2.45) is 0 Å². The van der Waals surface area contributed by atoms with Crippen LogP contribution in [-0.2, 0) is 11.2 Å². The summed E-state index contributed by atoms with van der Waals surface area (Å²) < 4.78 is 0. The van der Waals surface area contributed by atoms with Gasteiger partial charge in [0.1, 0.15) is 0 Å². The molecule has 4 heteroatoms. The van der Waals surface area contributed by atoms with Crippen molar-refractivity contribution < 1.29 is 4.79 Å². The number of thioether (sulfide) groups is 1. The van der Waals surface area contributed by atoms with Crippen molar-refractivity contribution >= 4 is 17.7 Å². The van der Waals surface area contributed by atoms with Crippen molar-refractivity contribution in [3.8, 4) is 0 Å². The molecule has 1 heterocycles. The standard InChI is InChI=1S/C18H28N2OS/c1-3-15-7-9-16(10-8-15)17-14-19-11-12-20(17)18(21)6-4-5-13-22-2/h7-10,17,19H,3-6,11-14H2,1-2H3. The maximum Gasteiger partial charge on any atom is 0.223 e. The minimum atomic E-state index is 0.188. The lowest BCUT2D eigenvalue weighted by molar-refractivity contribution is -0.134. The molecule has 1 fully saturated rings. The van der Waals surface area contributed by atoms with E-state index in [0.29, 0.717) is 12.3 Å². The van der Waals surface area contributed by atoms with E-state index in [4.69, 9.17) is 0 Å². The van der Waals surface area contributed by atoms with Crippen LogP contribution in [0.5, 0.6) is 0 Å². The topological polar surface area (TPSA) is 32.3 Å². The molecular weight excluding hydrogens is 292 g/mol. The Morgan fingerprint density at radius 2 is 2.09 bits per heavy atom. The smallest absolute Gasteiger partial charge is 0.223 e. The molecule has 1 aromatic carbocycles. The summed E-state index contributed by atoms with van der Waals surface area (Å²) in [6.45, 7) is 4.76. The summed E-state index contributed by atoms with van der Waals surface area (Å²) >= 11 is 1.85. The first-order valence-corrected chi connectivity index (χ1v) is 9.73. The molecule has 22 heavy (non-hydrogen) atoms. The highest BCUT2D eigenvalue weighted by Gasteiger charge is 2.27. The van der Waals surface area contributed by atoms with Crippen LogP contribution in [0, 0.1) is 0 Å². The first kappa shape index (κ1) is 17.4. The Hall–Kier alpha value is -1.00. The number of carbonyl (C=O) groups is 1. The molecule has 1 aromatic rings. The van der Waals surface area contributed by atoms with Crippen molar-refractivity contribution in [3.63, 3.8) is 0 Å². The van der Waals surface area contributed by atoms with E-state index in [9.17, 15) is 4.79 Å². The van der Waals surface area contributed by atoms with Gasteiger partial charge in [-0.25, -0.2) is 0 Å². The summed E-state index contributed by atoms with van der Waals surface area (Å²) in [5.41, 5.74) is 2.60. The second-order valence-electron chi connectivity index (χ2n) is 5.85. The molecule has 0 radical (unpaired) electrons. The van der Waals surface area contributed by atoms with Crippen LogP contribution in [0.3, 0.4) is 0 Å². The van der Waals surface area contributed by atoms with Gasteiger partial charge in [0.25, 0.3) is 0 Å². The molecular formula is C18H28N2OS. The number of rotatable bonds is 7. The molecule has 1 atom stereocenters. The zero-order valence-electron chi connectivity index (χ0n) is 13.8. The van der Waals surface area contributed by atoms with Crippen molar-refractivity contribution in [1.29, 1.82) is 0 Å². The Bertz CT molecular complexity index is 461. The van der Waals surface area contributed by atoms with E-state index in [1.54, 1.807) is 0 Å². The molecule has 1 N–H and O–H groups in total. The van der Waals surface area contributed by atoms with E-state index in [1.165, 1.54) is 11.1 Å². The first-order chi connectivity index (χ1) is 10.8. The van der Waals surface area contributed by atoms with Crippen molar-refractivity contribution in [2.45, 2.75) is 38.6 Å². The Kier molecular flexibility index (Phi) is 7.26. The number of benzene rings is 1. The molecule has 1 aliphatic heterocycles. The van der Waals surface area contributed by atoms with E-state index < -0.39 is 0 Å². The third-order valence-corrected chi connectivity index (χ3v) is 5.02. The second-order valence-corrected chi connectivity index (χ2v) is 6.84. The lowest BCUT2D eigenvalue weighted by Gasteiger charge is -2.36. The summed E-state index contributed by atoms with van der Waals surface area (Å²) in [5.74, 6) is 1.46. The van der Waals surface area contributed by atoms with E-state index >= 15 is 0 Å². The van der Waals surface area contributed by atoms with Gasteiger partial charge in [0, 0.05) is 26.1 Å². The fourth-order valence-corrected chi connectivity index (χ4v) is 3.44. The van der Waals surface area contributed by atoms with Gasteiger partial charge in [-0.3, -0.25) is 4.79 Å². The van der Waals surface area contributed by atoms with E-state index in [1.807, 2.05) is 11.8 Å². The molecule has 1 unspecified atom stereocenters. The Labute approximate surface area is 138 Å². The number of hydrogen-bond acceptors (Lipinski definition) is 3. The first-order valence-electron chi connectivity index (χ1n) is 8.34. The number of piperazine rings is 1. The van der Waals surface area contributed by atoms with Gasteiger partial charge in [0.05, 0.1) is 6.04 Å². The molecule has 3 nitrogen and oxygen atoms in total. The zero-order valence-corrected chi connectivity index (χ0v) is 14.6. The van der Waals surface area contributed by atoms with Gasteiger partial charge in [-0.05, 0) is 42.4 Å². The van der Waals surface area contributed by atoms with Gasteiger partial charge in [-0.1, -0.05) is 31.2 Å². The number of nitrogens with zero attached hydrogens (tertiary/aromatic N) is 1. The third kappa shape index (κ3) is 4.75. The molecule has 1 saturated heterocycles. The number of aryl methyl sites for hydroxylation is 1. The number of amides is 1. The molecule has 1 aliphatic rings. The van der Waals surface area contributed by atoms with Crippen molar-refractivity contribution in [1.82, 2.24) is 10.2 Å². The molecule has 122 valence electrons. The largest absolute Gasteiger partial charge is 0.333 e. The van der Waals surface area contributed by atoms with Gasteiger partial charge < -0.3 is 10.2 Å². The predicted molar refractivity (Wildman–Crippen MR) is 95.4 cm³/mol. The van der Waals surface area contributed by atoms with E-state index in [0.717, 1.165) is 44.6 Å². The lowest BCUT2D eigenvalue weighted by atomic mass is 10.0. The van der Waals surface area contributed by atoms with Crippen LogP contribution in [0.2, 0.25) is 0 Å². The highest BCUT2D eigenvalue weighted by Crippen LogP contribution is 2.24. The normalized spacial score (nSPS) is 18.5. The van der Waals surface area contributed by atoms with Gasteiger partial charge in [-0.15, -0.1) is 0 Å². The molecule has 0 spiro atoms. The van der Waals surface area contributed by atoms with E-state index in [2.05, 4.69) is 47.7 Å². The highest BCUT2D eigenvalue weighted by atomic mass is 32.2. The quantitative estimate of drug-likeness (QED) is 0.783. The van der Waals surface area contributed by atoms with Gasteiger partial charge in [0.2, 0.25) is 5.91 Å². The Morgan fingerprint density at radius 1 is 1.32 bits per heavy atom.